The summed E-state index contributed by atoms with van der Waals surface area (Å²) in [6.45, 7) is 3.29. The minimum atomic E-state index is -0.746. The van der Waals surface area contributed by atoms with Crippen LogP contribution in [0.15, 0.2) is 42.5 Å². The summed E-state index contributed by atoms with van der Waals surface area (Å²) in [5.41, 5.74) is 1.54. The molecule has 0 bridgehead atoms. The van der Waals surface area contributed by atoms with Crippen molar-refractivity contribution in [1.29, 1.82) is 5.26 Å². The van der Waals surface area contributed by atoms with E-state index in [2.05, 4.69) is 10.6 Å². The molecule has 132 valence electrons. The summed E-state index contributed by atoms with van der Waals surface area (Å²) in [4.78, 5) is 24.0. The molecule has 0 aromatic heterocycles. The van der Waals surface area contributed by atoms with Gasteiger partial charge in [-0.25, -0.2) is 0 Å². The highest BCUT2D eigenvalue weighted by Crippen LogP contribution is 2.32. The number of ether oxygens (including phenoxy) is 2. The number of rotatable bonds is 4. The maximum atomic E-state index is 12.3. The third-order valence-electron chi connectivity index (χ3n) is 3.84. The van der Waals surface area contributed by atoms with Crippen molar-refractivity contribution in [3.63, 3.8) is 0 Å². The van der Waals surface area contributed by atoms with Crippen molar-refractivity contribution in [2.45, 2.75) is 26.1 Å². The van der Waals surface area contributed by atoms with E-state index in [1.54, 1.807) is 56.3 Å². The van der Waals surface area contributed by atoms with Crippen LogP contribution in [0.5, 0.6) is 11.5 Å². The number of hydrogen-bond acceptors (Lipinski definition) is 5. The first-order chi connectivity index (χ1) is 12.5. The number of anilines is 2. The average Bonchev–Trinajstić information content (AvgIpc) is 2.63. The van der Waals surface area contributed by atoms with Crippen LogP contribution in [0.2, 0.25) is 0 Å². The Morgan fingerprint density at radius 2 is 2.04 bits per heavy atom. The lowest BCUT2D eigenvalue weighted by Crippen LogP contribution is -2.34. The van der Waals surface area contributed by atoms with Crippen LogP contribution in [0.3, 0.4) is 0 Å². The van der Waals surface area contributed by atoms with Crippen LogP contribution >= 0.6 is 0 Å². The second-order valence-corrected chi connectivity index (χ2v) is 5.85. The van der Waals surface area contributed by atoms with Gasteiger partial charge in [-0.2, -0.15) is 5.26 Å². The summed E-state index contributed by atoms with van der Waals surface area (Å²) in [5.74, 6) is 0.466. The minimum absolute atomic E-state index is 0.238. The monoisotopic (exact) mass is 351 g/mol. The van der Waals surface area contributed by atoms with Crippen molar-refractivity contribution in [2.24, 2.45) is 0 Å². The predicted octanol–water partition coefficient (Wildman–Crippen LogP) is 2.68. The fraction of sp³-hybridized carbons (Fsp3) is 0.211. The molecule has 2 N–H and O–H groups in total. The Balaban J connectivity index is 1.64. The molecule has 1 aliphatic heterocycles. The SMILES string of the molecule is C[C@H](Oc1ccc(C#N)cc1)C(=O)Nc1ccc2c(c1)NC(=O)[C@H](C)O2. The van der Waals surface area contributed by atoms with Crippen LogP contribution in [0.1, 0.15) is 19.4 Å². The standard InChI is InChI=1S/C19H17N3O4/c1-11(25-15-6-3-13(10-20)4-7-15)18(23)21-14-5-8-17-16(9-14)22-19(24)12(2)26-17/h3-9,11-12H,1-2H3,(H,21,23)(H,22,24)/t11-,12-/m0/s1. The third kappa shape index (κ3) is 3.75. The molecule has 2 aromatic rings. The quantitative estimate of drug-likeness (QED) is 0.882. The summed E-state index contributed by atoms with van der Waals surface area (Å²) < 4.78 is 11.1. The molecule has 7 nitrogen and oxygen atoms in total. The Hall–Kier alpha value is -3.53. The summed E-state index contributed by atoms with van der Waals surface area (Å²) in [6, 6.07) is 13.5. The lowest BCUT2D eigenvalue weighted by molar-refractivity contribution is -0.123. The summed E-state index contributed by atoms with van der Waals surface area (Å²) in [7, 11) is 0. The van der Waals surface area contributed by atoms with Gasteiger partial charge in [0.2, 0.25) is 0 Å². The van der Waals surface area contributed by atoms with Gasteiger partial charge in [0.15, 0.2) is 12.2 Å². The molecule has 3 rings (SSSR count). The van der Waals surface area contributed by atoms with Gasteiger partial charge in [0.25, 0.3) is 11.8 Å². The second kappa shape index (κ2) is 7.15. The highest BCUT2D eigenvalue weighted by atomic mass is 16.5. The van der Waals surface area contributed by atoms with E-state index in [9.17, 15) is 9.59 Å². The number of carbonyl (C=O) groups excluding carboxylic acids is 2. The molecule has 0 saturated heterocycles. The first kappa shape index (κ1) is 17.3. The average molecular weight is 351 g/mol. The van der Waals surface area contributed by atoms with Crippen molar-refractivity contribution in [2.75, 3.05) is 10.6 Å². The fourth-order valence-corrected chi connectivity index (χ4v) is 2.40. The maximum absolute atomic E-state index is 12.3. The number of amides is 2. The second-order valence-electron chi connectivity index (χ2n) is 5.85. The zero-order valence-electron chi connectivity index (χ0n) is 14.3. The van der Waals surface area contributed by atoms with E-state index in [1.165, 1.54) is 0 Å². The highest BCUT2D eigenvalue weighted by molar-refractivity contribution is 5.99. The van der Waals surface area contributed by atoms with E-state index in [0.29, 0.717) is 28.4 Å². The van der Waals surface area contributed by atoms with Crippen molar-refractivity contribution >= 4 is 23.2 Å². The van der Waals surface area contributed by atoms with Gasteiger partial charge < -0.3 is 20.1 Å². The number of nitriles is 1. The molecule has 0 saturated carbocycles. The van der Waals surface area contributed by atoms with Gasteiger partial charge in [-0.3, -0.25) is 9.59 Å². The summed E-state index contributed by atoms with van der Waals surface area (Å²) in [5, 5.41) is 14.3. The molecule has 2 amide bonds. The normalized spacial score (nSPS) is 16.3. The van der Waals surface area contributed by atoms with Crippen LogP contribution in [0.4, 0.5) is 11.4 Å². The zero-order chi connectivity index (χ0) is 18.7. The summed E-state index contributed by atoms with van der Waals surface area (Å²) in [6.07, 6.45) is -1.30. The van der Waals surface area contributed by atoms with Crippen LogP contribution in [-0.4, -0.2) is 24.0 Å². The molecular formula is C19H17N3O4. The van der Waals surface area contributed by atoms with E-state index in [1.807, 2.05) is 6.07 Å². The van der Waals surface area contributed by atoms with Gasteiger partial charge in [0, 0.05) is 5.69 Å². The smallest absolute Gasteiger partial charge is 0.265 e. The molecule has 0 unspecified atom stereocenters. The molecule has 0 fully saturated rings. The maximum Gasteiger partial charge on any atom is 0.265 e. The number of fused-ring (bicyclic) bond motifs is 1. The van der Waals surface area contributed by atoms with Crippen molar-refractivity contribution < 1.29 is 19.1 Å². The van der Waals surface area contributed by atoms with Crippen LogP contribution in [0.25, 0.3) is 0 Å². The first-order valence-electron chi connectivity index (χ1n) is 8.05. The van der Waals surface area contributed by atoms with Crippen LogP contribution < -0.4 is 20.1 Å². The number of carbonyl (C=O) groups is 2. The van der Waals surface area contributed by atoms with Gasteiger partial charge >= 0.3 is 0 Å². The number of benzene rings is 2. The molecule has 0 aliphatic carbocycles. The van der Waals surface area contributed by atoms with Crippen LogP contribution in [0, 0.1) is 11.3 Å². The Kier molecular flexibility index (Phi) is 4.76. The van der Waals surface area contributed by atoms with Crippen molar-refractivity contribution in [3.8, 4) is 17.6 Å². The van der Waals surface area contributed by atoms with Gasteiger partial charge in [0.1, 0.15) is 11.5 Å². The molecule has 0 spiro atoms. The Morgan fingerprint density at radius 3 is 2.73 bits per heavy atom. The molecule has 1 heterocycles. The molecule has 1 aliphatic rings. The van der Waals surface area contributed by atoms with E-state index in [-0.39, 0.29) is 11.8 Å². The lowest BCUT2D eigenvalue weighted by atomic mass is 10.2. The van der Waals surface area contributed by atoms with Crippen LogP contribution in [-0.2, 0) is 9.59 Å². The molecular weight excluding hydrogens is 334 g/mol. The minimum Gasteiger partial charge on any atom is -0.481 e. The highest BCUT2D eigenvalue weighted by Gasteiger charge is 2.24. The van der Waals surface area contributed by atoms with E-state index < -0.39 is 12.2 Å². The first-order valence-corrected chi connectivity index (χ1v) is 8.05. The van der Waals surface area contributed by atoms with E-state index in [0.717, 1.165) is 0 Å². The lowest BCUT2D eigenvalue weighted by Gasteiger charge is -2.24. The zero-order valence-corrected chi connectivity index (χ0v) is 14.3. The number of hydrogen-bond donors (Lipinski definition) is 2. The fourth-order valence-electron chi connectivity index (χ4n) is 2.40. The van der Waals surface area contributed by atoms with Gasteiger partial charge in [-0.1, -0.05) is 0 Å². The van der Waals surface area contributed by atoms with Crippen molar-refractivity contribution in [3.05, 3.63) is 48.0 Å². The van der Waals surface area contributed by atoms with Gasteiger partial charge in [-0.15, -0.1) is 0 Å². The van der Waals surface area contributed by atoms with E-state index >= 15 is 0 Å². The largest absolute Gasteiger partial charge is 0.481 e. The molecule has 2 aromatic carbocycles. The van der Waals surface area contributed by atoms with Gasteiger partial charge in [0.05, 0.1) is 17.3 Å². The Morgan fingerprint density at radius 1 is 1.31 bits per heavy atom. The number of nitrogens with one attached hydrogen (secondary N) is 2. The number of nitrogens with zero attached hydrogens (tertiary/aromatic N) is 1. The predicted molar refractivity (Wildman–Crippen MR) is 95.0 cm³/mol. The molecule has 0 radical (unpaired) electrons. The third-order valence-corrected chi connectivity index (χ3v) is 3.84. The molecule has 2 atom stereocenters. The topological polar surface area (TPSA) is 100 Å². The van der Waals surface area contributed by atoms with Gasteiger partial charge in [-0.05, 0) is 56.3 Å². The molecule has 26 heavy (non-hydrogen) atoms. The Bertz CT molecular complexity index is 887. The molecule has 7 heteroatoms. The summed E-state index contributed by atoms with van der Waals surface area (Å²) >= 11 is 0. The van der Waals surface area contributed by atoms with Crippen molar-refractivity contribution in [1.82, 2.24) is 0 Å². The van der Waals surface area contributed by atoms with E-state index in [4.69, 9.17) is 14.7 Å². The Labute approximate surface area is 150 Å².